The van der Waals surface area contributed by atoms with Crippen molar-refractivity contribution in [3.05, 3.63) is 59.7 Å². The summed E-state index contributed by atoms with van der Waals surface area (Å²) in [7, 11) is -2.38. The molecule has 7 nitrogen and oxygen atoms in total. The Morgan fingerprint density at radius 2 is 2.00 bits per heavy atom. The number of methoxy groups -OCH3 is 1. The summed E-state index contributed by atoms with van der Waals surface area (Å²) in [5, 5.41) is 2.84. The van der Waals surface area contributed by atoms with E-state index in [1.807, 2.05) is 30.3 Å². The molecule has 0 spiro atoms. The van der Waals surface area contributed by atoms with Crippen LogP contribution in [-0.2, 0) is 26.0 Å². The monoisotopic (exact) mass is 432 g/mol. The van der Waals surface area contributed by atoms with Gasteiger partial charge in [0, 0.05) is 13.2 Å². The van der Waals surface area contributed by atoms with E-state index >= 15 is 0 Å². The predicted molar refractivity (Wildman–Crippen MR) is 114 cm³/mol. The molecular formula is C22H28N2O5S. The maximum Gasteiger partial charge on any atom is 0.241 e. The first kappa shape index (κ1) is 22.3. The van der Waals surface area contributed by atoms with E-state index in [2.05, 4.69) is 10.0 Å². The van der Waals surface area contributed by atoms with Gasteiger partial charge in [0.1, 0.15) is 11.8 Å². The number of carbonyl (C=O) groups is 1. The zero-order valence-corrected chi connectivity index (χ0v) is 18.1. The van der Waals surface area contributed by atoms with Gasteiger partial charge in [0.2, 0.25) is 15.9 Å². The van der Waals surface area contributed by atoms with Crippen molar-refractivity contribution in [3.63, 3.8) is 0 Å². The Kier molecular flexibility index (Phi) is 7.47. The van der Waals surface area contributed by atoms with Crippen LogP contribution in [0.4, 0.5) is 0 Å². The molecule has 0 unspecified atom stereocenters. The lowest BCUT2D eigenvalue weighted by atomic mass is 10.1. The highest BCUT2D eigenvalue weighted by atomic mass is 32.2. The molecule has 0 radical (unpaired) electrons. The summed E-state index contributed by atoms with van der Waals surface area (Å²) in [6, 6.07) is 13.0. The van der Waals surface area contributed by atoms with Gasteiger partial charge in [0.05, 0.1) is 18.1 Å². The van der Waals surface area contributed by atoms with Crippen molar-refractivity contribution >= 4 is 15.9 Å². The van der Waals surface area contributed by atoms with Crippen LogP contribution in [0.2, 0.25) is 0 Å². The van der Waals surface area contributed by atoms with Gasteiger partial charge < -0.3 is 14.8 Å². The molecule has 1 aliphatic heterocycles. The number of amides is 1. The molecule has 162 valence electrons. The minimum atomic E-state index is -3.91. The van der Waals surface area contributed by atoms with Gasteiger partial charge in [-0.2, -0.15) is 4.72 Å². The molecule has 0 aliphatic carbocycles. The summed E-state index contributed by atoms with van der Waals surface area (Å²) >= 11 is 0. The summed E-state index contributed by atoms with van der Waals surface area (Å²) in [6.45, 7) is 2.83. The molecule has 2 N–H and O–H groups in total. The summed E-state index contributed by atoms with van der Waals surface area (Å²) in [6.07, 6.45) is 2.08. The lowest BCUT2D eigenvalue weighted by Crippen LogP contribution is -2.49. The van der Waals surface area contributed by atoms with Crippen molar-refractivity contribution in [2.24, 2.45) is 0 Å². The van der Waals surface area contributed by atoms with Crippen LogP contribution < -0.4 is 14.8 Å². The van der Waals surface area contributed by atoms with E-state index in [1.54, 1.807) is 13.0 Å². The van der Waals surface area contributed by atoms with Crippen molar-refractivity contribution in [1.29, 1.82) is 0 Å². The summed E-state index contributed by atoms with van der Waals surface area (Å²) in [5.41, 5.74) is 1.56. The summed E-state index contributed by atoms with van der Waals surface area (Å²) in [5.74, 6) is 0.229. The number of nitrogens with one attached hydrogen (secondary N) is 2. The third-order valence-corrected chi connectivity index (χ3v) is 6.57. The molecule has 3 rings (SSSR count). The molecule has 1 fully saturated rings. The van der Waals surface area contributed by atoms with E-state index in [0.29, 0.717) is 24.5 Å². The normalized spacial score (nSPS) is 17.5. The molecule has 1 aliphatic rings. The molecule has 0 bridgehead atoms. The summed E-state index contributed by atoms with van der Waals surface area (Å²) < 4.78 is 39.3. The van der Waals surface area contributed by atoms with Crippen molar-refractivity contribution in [2.75, 3.05) is 20.3 Å². The molecule has 1 saturated heterocycles. The van der Waals surface area contributed by atoms with E-state index in [0.717, 1.165) is 18.4 Å². The van der Waals surface area contributed by atoms with Crippen LogP contribution in [0.1, 0.15) is 24.0 Å². The molecule has 1 amide bonds. The Balaban J connectivity index is 1.77. The van der Waals surface area contributed by atoms with Crippen LogP contribution in [0.25, 0.3) is 0 Å². The van der Waals surface area contributed by atoms with E-state index in [1.165, 1.54) is 19.2 Å². The largest absolute Gasteiger partial charge is 0.496 e. The molecule has 2 atom stereocenters. The van der Waals surface area contributed by atoms with Crippen molar-refractivity contribution < 1.29 is 22.7 Å². The van der Waals surface area contributed by atoms with Gasteiger partial charge >= 0.3 is 0 Å². The Labute approximate surface area is 177 Å². The first-order chi connectivity index (χ1) is 14.4. The second kappa shape index (κ2) is 10.1. The Hall–Kier alpha value is -2.42. The lowest BCUT2D eigenvalue weighted by Gasteiger charge is -2.20. The number of benzene rings is 2. The second-order valence-corrected chi connectivity index (χ2v) is 9.09. The lowest BCUT2D eigenvalue weighted by molar-refractivity contribution is -0.123. The fourth-order valence-electron chi connectivity index (χ4n) is 3.45. The zero-order valence-electron chi connectivity index (χ0n) is 17.3. The molecule has 2 aromatic carbocycles. The number of carbonyl (C=O) groups excluding carboxylic acids is 1. The zero-order chi connectivity index (χ0) is 21.6. The third kappa shape index (κ3) is 5.81. The standard InChI is InChI=1S/C22H28N2O5S/c1-16-13-19(10-11-21(16)28-2)30(26,27)24-20(14-17-7-4-3-5-8-17)22(25)23-15-18-9-6-12-29-18/h3-5,7-8,10-11,13,18,20,24H,6,9,12,14-15H2,1-2H3,(H,23,25)/t18-,20-/m0/s1. The molecule has 8 heteroatoms. The van der Waals surface area contributed by atoms with Crippen LogP contribution in [0.5, 0.6) is 5.75 Å². The second-order valence-electron chi connectivity index (χ2n) is 7.38. The van der Waals surface area contributed by atoms with Crippen LogP contribution in [0.3, 0.4) is 0 Å². The fraction of sp³-hybridized carbons (Fsp3) is 0.409. The first-order valence-corrected chi connectivity index (χ1v) is 11.5. The number of rotatable bonds is 9. The molecule has 0 aromatic heterocycles. The predicted octanol–water partition coefficient (Wildman–Crippen LogP) is 2.19. The smallest absolute Gasteiger partial charge is 0.241 e. The van der Waals surface area contributed by atoms with Crippen molar-refractivity contribution in [3.8, 4) is 5.75 Å². The molecular weight excluding hydrogens is 404 g/mol. The maximum absolute atomic E-state index is 13.0. The Morgan fingerprint density at radius 1 is 1.23 bits per heavy atom. The quantitative estimate of drug-likeness (QED) is 0.634. The number of ether oxygens (including phenoxy) is 2. The number of hydrogen-bond acceptors (Lipinski definition) is 5. The maximum atomic E-state index is 13.0. The van der Waals surface area contributed by atoms with E-state index in [4.69, 9.17) is 9.47 Å². The average Bonchev–Trinajstić information content (AvgIpc) is 3.26. The van der Waals surface area contributed by atoms with Crippen LogP contribution >= 0.6 is 0 Å². The van der Waals surface area contributed by atoms with Gasteiger partial charge in [-0.25, -0.2) is 8.42 Å². The number of hydrogen-bond donors (Lipinski definition) is 2. The van der Waals surface area contributed by atoms with Crippen LogP contribution in [-0.4, -0.2) is 46.7 Å². The fourth-order valence-corrected chi connectivity index (χ4v) is 4.73. The topological polar surface area (TPSA) is 93.7 Å². The minimum absolute atomic E-state index is 0.0211. The van der Waals surface area contributed by atoms with Crippen molar-refractivity contribution in [1.82, 2.24) is 10.0 Å². The van der Waals surface area contributed by atoms with E-state index in [-0.39, 0.29) is 23.3 Å². The molecule has 1 heterocycles. The van der Waals surface area contributed by atoms with Crippen LogP contribution in [0.15, 0.2) is 53.4 Å². The van der Waals surface area contributed by atoms with E-state index < -0.39 is 16.1 Å². The third-order valence-electron chi connectivity index (χ3n) is 5.10. The minimum Gasteiger partial charge on any atom is -0.496 e. The van der Waals surface area contributed by atoms with Crippen molar-refractivity contribution in [2.45, 2.75) is 43.2 Å². The summed E-state index contributed by atoms with van der Waals surface area (Å²) in [4.78, 5) is 13.0. The van der Waals surface area contributed by atoms with Gasteiger partial charge in [-0.05, 0) is 55.5 Å². The number of sulfonamides is 1. The Morgan fingerprint density at radius 3 is 2.63 bits per heavy atom. The van der Waals surface area contributed by atoms with Gasteiger partial charge in [-0.3, -0.25) is 4.79 Å². The highest BCUT2D eigenvalue weighted by molar-refractivity contribution is 7.89. The van der Waals surface area contributed by atoms with Crippen LogP contribution in [0, 0.1) is 6.92 Å². The number of aryl methyl sites for hydroxylation is 1. The SMILES string of the molecule is COc1ccc(S(=O)(=O)N[C@@H](Cc2ccccc2)C(=O)NC[C@@H]2CCCO2)cc1C. The highest BCUT2D eigenvalue weighted by Crippen LogP contribution is 2.21. The molecule has 30 heavy (non-hydrogen) atoms. The van der Waals surface area contributed by atoms with Gasteiger partial charge in [-0.15, -0.1) is 0 Å². The van der Waals surface area contributed by atoms with Gasteiger partial charge in [0.25, 0.3) is 0 Å². The van der Waals surface area contributed by atoms with Gasteiger partial charge in [-0.1, -0.05) is 30.3 Å². The molecule has 2 aromatic rings. The highest BCUT2D eigenvalue weighted by Gasteiger charge is 2.27. The Bertz CT molecular complexity index is 957. The van der Waals surface area contributed by atoms with Gasteiger partial charge in [0.15, 0.2) is 0 Å². The van der Waals surface area contributed by atoms with E-state index in [9.17, 15) is 13.2 Å². The average molecular weight is 433 g/mol. The first-order valence-electron chi connectivity index (χ1n) is 9.99. The molecule has 0 saturated carbocycles.